The van der Waals surface area contributed by atoms with Gasteiger partial charge in [0.15, 0.2) is 0 Å². The number of methoxy groups -OCH3 is 1. The molecular formula is C23H32O. The fourth-order valence-electron chi connectivity index (χ4n) is 3.06. The lowest BCUT2D eigenvalue weighted by Crippen LogP contribution is -1.90. The van der Waals surface area contributed by atoms with E-state index >= 15 is 0 Å². The van der Waals surface area contributed by atoms with Gasteiger partial charge in [-0.25, -0.2) is 0 Å². The normalized spacial score (nSPS) is 10.8. The number of unbranched alkanes of at least 4 members (excludes halogenated alkanes) is 4. The molecule has 0 saturated carbocycles. The van der Waals surface area contributed by atoms with Crippen molar-refractivity contribution in [3.63, 3.8) is 0 Å². The third kappa shape index (κ3) is 6.78. The van der Waals surface area contributed by atoms with Crippen LogP contribution in [0, 0.1) is 0 Å². The molecule has 0 radical (unpaired) electrons. The van der Waals surface area contributed by atoms with E-state index in [4.69, 9.17) is 4.74 Å². The van der Waals surface area contributed by atoms with Crippen LogP contribution in [0.15, 0.2) is 48.5 Å². The molecule has 0 bridgehead atoms. The number of aryl methyl sites for hydroxylation is 3. The van der Waals surface area contributed by atoms with E-state index < -0.39 is 0 Å². The summed E-state index contributed by atoms with van der Waals surface area (Å²) in [6, 6.07) is 17.7. The van der Waals surface area contributed by atoms with Gasteiger partial charge in [0, 0.05) is 0 Å². The Morgan fingerprint density at radius 2 is 1.00 bits per heavy atom. The molecule has 0 unspecified atom stereocenters. The number of rotatable bonds is 11. The van der Waals surface area contributed by atoms with Crippen LogP contribution < -0.4 is 4.74 Å². The summed E-state index contributed by atoms with van der Waals surface area (Å²) in [6.07, 6.45) is 11.4. The van der Waals surface area contributed by atoms with E-state index in [0.29, 0.717) is 0 Å². The molecular weight excluding hydrogens is 292 g/mol. The van der Waals surface area contributed by atoms with Crippen molar-refractivity contribution in [3.05, 3.63) is 65.2 Å². The summed E-state index contributed by atoms with van der Waals surface area (Å²) in [5.74, 6) is 0.944. The Hall–Kier alpha value is -1.76. The number of hydrogen-bond acceptors (Lipinski definition) is 1. The van der Waals surface area contributed by atoms with E-state index in [1.54, 1.807) is 7.11 Å². The van der Waals surface area contributed by atoms with Crippen molar-refractivity contribution < 1.29 is 4.74 Å². The Kier molecular flexibility index (Phi) is 8.45. The number of ether oxygens (including phenoxy) is 1. The van der Waals surface area contributed by atoms with Crippen LogP contribution in [0.1, 0.15) is 62.1 Å². The van der Waals surface area contributed by atoms with Crippen LogP contribution >= 0.6 is 0 Å². The molecule has 0 aromatic heterocycles. The monoisotopic (exact) mass is 324 g/mol. The molecule has 0 amide bonds. The van der Waals surface area contributed by atoms with Gasteiger partial charge < -0.3 is 4.74 Å². The molecule has 130 valence electrons. The molecule has 24 heavy (non-hydrogen) atoms. The van der Waals surface area contributed by atoms with E-state index in [2.05, 4.69) is 55.5 Å². The summed E-state index contributed by atoms with van der Waals surface area (Å²) in [4.78, 5) is 0. The zero-order chi connectivity index (χ0) is 17.0. The molecule has 1 heteroatoms. The Morgan fingerprint density at radius 1 is 0.583 bits per heavy atom. The molecule has 0 N–H and O–H groups in total. The highest BCUT2D eigenvalue weighted by atomic mass is 16.5. The van der Waals surface area contributed by atoms with Crippen LogP contribution in [0.25, 0.3) is 0 Å². The summed E-state index contributed by atoms with van der Waals surface area (Å²) in [5, 5.41) is 0. The van der Waals surface area contributed by atoms with Crippen LogP contribution in [0.2, 0.25) is 0 Å². The number of benzene rings is 2. The van der Waals surface area contributed by atoms with E-state index in [-0.39, 0.29) is 0 Å². The smallest absolute Gasteiger partial charge is 0.118 e. The molecule has 0 spiro atoms. The molecule has 0 aliphatic heterocycles. The predicted octanol–water partition coefficient (Wildman–Crippen LogP) is 6.38. The minimum absolute atomic E-state index is 0.944. The number of hydrogen-bond donors (Lipinski definition) is 0. The highest BCUT2D eigenvalue weighted by Crippen LogP contribution is 2.15. The van der Waals surface area contributed by atoms with E-state index in [0.717, 1.165) is 5.75 Å². The fraction of sp³-hybridized carbons (Fsp3) is 0.478. The van der Waals surface area contributed by atoms with Crippen molar-refractivity contribution in [1.82, 2.24) is 0 Å². The molecule has 2 aromatic rings. The van der Waals surface area contributed by atoms with Gasteiger partial charge >= 0.3 is 0 Å². The molecule has 0 fully saturated rings. The lowest BCUT2D eigenvalue weighted by atomic mass is 10.0. The summed E-state index contributed by atoms with van der Waals surface area (Å²) in [7, 11) is 1.72. The highest BCUT2D eigenvalue weighted by Gasteiger charge is 1.98. The highest BCUT2D eigenvalue weighted by molar-refractivity contribution is 5.27. The average Bonchev–Trinajstić information content (AvgIpc) is 2.64. The van der Waals surface area contributed by atoms with Crippen molar-refractivity contribution in [2.24, 2.45) is 0 Å². The first-order chi connectivity index (χ1) is 11.8. The van der Waals surface area contributed by atoms with Crippen molar-refractivity contribution in [1.29, 1.82) is 0 Å². The van der Waals surface area contributed by atoms with Crippen LogP contribution in [-0.4, -0.2) is 7.11 Å². The SMILES string of the molecule is CCCCc1ccc(CCCCCCc2ccc(OC)cc2)cc1. The molecule has 0 aliphatic rings. The Morgan fingerprint density at radius 3 is 1.42 bits per heavy atom. The summed E-state index contributed by atoms with van der Waals surface area (Å²) in [6.45, 7) is 2.25. The first-order valence-electron chi connectivity index (χ1n) is 9.52. The summed E-state index contributed by atoms with van der Waals surface area (Å²) >= 11 is 0. The van der Waals surface area contributed by atoms with E-state index in [1.807, 2.05) is 0 Å². The van der Waals surface area contributed by atoms with Gasteiger partial charge in [-0.05, 0) is 67.3 Å². The van der Waals surface area contributed by atoms with Gasteiger partial charge in [0.2, 0.25) is 0 Å². The molecule has 0 saturated heterocycles. The van der Waals surface area contributed by atoms with Crippen molar-refractivity contribution in [3.8, 4) is 5.75 Å². The van der Waals surface area contributed by atoms with Crippen molar-refractivity contribution in [2.45, 2.75) is 64.7 Å². The molecule has 0 aliphatic carbocycles. The van der Waals surface area contributed by atoms with Gasteiger partial charge in [0.25, 0.3) is 0 Å². The first-order valence-corrected chi connectivity index (χ1v) is 9.52. The minimum atomic E-state index is 0.944. The fourth-order valence-corrected chi connectivity index (χ4v) is 3.06. The molecule has 2 aromatic carbocycles. The molecule has 0 heterocycles. The maximum atomic E-state index is 5.20. The second-order valence-electron chi connectivity index (χ2n) is 6.68. The Bertz CT molecular complexity index is 554. The zero-order valence-electron chi connectivity index (χ0n) is 15.4. The molecule has 1 nitrogen and oxygen atoms in total. The van der Waals surface area contributed by atoms with E-state index in [9.17, 15) is 0 Å². The Balaban J connectivity index is 1.57. The lowest BCUT2D eigenvalue weighted by Gasteiger charge is -2.05. The summed E-state index contributed by atoms with van der Waals surface area (Å²) in [5.41, 5.74) is 4.39. The lowest BCUT2D eigenvalue weighted by molar-refractivity contribution is 0.414. The van der Waals surface area contributed by atoms with Gasteiger partial charge in [-0.15, -0.1) is 0 Å². The zero-order valence-corrected chi connectivity index (χ0v) is 15.4. The average molecular weight is 325 g/mol. The van der Waals surface area contributed by atoms with Gasteiger partial charge in [0.05, 0.1) is 7.11 Å². The standard InChI is InChI=1S/C23H32O/c1-3-4-9-20-12-14-21(15-13-20)10-7-5-6-8-11-22-16-18-23(24-2)19-17-22/h12-19H,3-11H2,1-2H3. The van der Waals surface area contributed by atoms with Gasteiger partial charge in [-0.3, -0.25) is 0 Å². The third-order valence-electron chi connectivity index (χ3n) is 4.68. The minimum Gasteiger partial charge on any atom is -0.497 e. The van der Waals surface area contributed by atoms with E-state index in [1.165, 1.54) is 74.5 Å². The molecule has 2 rings (SSSR count). The Labute approximate surface area is 148 Å². The van der Waals surface area contributed by atoms with Crippen LogP contribution in [0.3, 0.4) is 0 Å². The quantitative estimate of drug-likeness (QED) is 0.435. The third-order valence-corrected chi connectivity index (χ3v) is 4.68. The maximum Gasteiger partial charge on any atom is 0.118 e. The summed E-state index contributed by atoms with van der Waals surface area (Å²) < 4.78 is 5.20. The largest absolute Gasteiger partial charge is 0.497 e. The predicted molar refractivity (Wildman–Crippen MR) is 104 cm³/mol. The van der Waals surface area contributed by atoms with Crippen LogP contribution in [0.4, 0.5) is 0 Å². The topological polar surface area (TPSA) is 9.23 Å². The maximum absolute atomic E-state index is 5.20. The molecule has 0 atom stereocenters. The van der Waals surface area contributed by atoms with Crippen LogP contribution in [0.5, 0.6) is 5.75 Å². The van der Waals surface area contributed by atoms with Crippen LogP contribution in [-0.2, 0) is 19.3 Å². The first kappa shape index (κ1) is 18.6. The van der Waals surface area contributed by atoms with Gasteiger partial charge in [-0.1, -0.05) is 62.6 Å². The van der Waals surface area contributed by atoms with Gasteiger partial charge in [-0.2, -0.15) is 0 Å². The second kappa shape index (κ2) is 10.9. The van der Waals surface area contributed by atoms with Crippen molar-refractivity contribution >= 4 is 0 Å². The van der Waals surface area contributed by atoms with Gasteiger partial charge in [0.1, 0.15) is 5.75 Å². The second-order valence-corrected chi connectivity index (χ2v) is 6.68. The van der Waals surface area contributed by atoms with Crippen molar-refractivity contribution in [2.75, 3.05) is 7.11 Å².